The van der Waals surface area contributed by atoms with Crippen LogP contribution < -0.4 is 0 Å². The van der Waals surface area contributed by atoms with E-state index in [-0.39, 0.29) is 18.8 Å². The van der Waals surface area contributed by atoms with E-state index in [1.54, 1.807) is 0 Å². The van der Waals surface area contributed by atoms with Gasteiger partial charge in [0.05, 0.1) is 0 Å². The van der Waals surface area contributed by atoms with Gasteiger partial charge in [-0.25, -0.2) is 0 Å². The van der Waals surface area contributed by atoms with Gasteiger partial charge in [-0.2, -0.15) is 0 Å². The summed E-state index contributed by atoms with van der Waals surface area (Å²) in [5, 5.41) is 2.80. The van der Waals surface area contributed by atoms with Crippen LogP contribution in [0.3, 0.4) is 0 Å². The fourth-order valence-corrected chi connectivity index (χ4v) is 2.07. The molecule has 0 nitrogen and oxygen atoms in total. The van der Waals surface area contributed by atoms with Gasteiger partial charge in [-0.1, -0.05) is 48.6 Å². The predicted molar refractivity (Wildman–Crippen MR) is 66.7 cm³/mol. The quantitative estimate of drug-likeness (QED) is 0.616. The third kappa shape index (κ3) is 2.64. The highest BCUT2D eigenvalue weighted by atomic mass is 19.0. The van der Waals surface area contributed by atoms with Crippen LogP contribution in [-0.2, 0) is 6.42 Å². The Morgan fingerprint density at radius 3 is 2.12 bits per heavy atom. The largest absolute Gasteiger partial charge is 0.269 e. The molecule has 0 amide bonds. The van der Waals surface area contributed by atoms with Crippen molar-refractivity contribution < 1.29 is 18.8 Å². The number of hydrogen-bond acceptors (Lipinski definition) is 0. The predicted octanol–water partition coefficient (Wildman–Crippen LogP) is 4.02. The van der Waals surface area contributed by atoms with Crippen molar-refractivity contribution in [1.82, 2.24) is 0 Å². The molecular weight excluding hydrogens is 232 g/mol. The Bertz CT molecular complexity index is 500. The lowest BCUT2D eigenvalue weighted by molar-refractivity contribution is 1.11. The second kappa shape index (κ2) is 6.68. The monoisotopic (exact) mass is 246 g/mol. The van der Waals surface area contributed by atoms with Gasteiger partial charge in [-0.3, -0.25) is 18.8 Å². The van der Waals surface area contributed by atoms with E-state index >= 15 is 0 Å². The Morgan fingerprint density at radius 1 is 0.765 bits per heavy atom. The van der Waals surface area contributed by atoms with E-state index in [9.17, 15) is 0 Å². The summed E-state index contributed by atoms with van der Waals surface area (Å²) in [4.78, 5) is 0. The van der Waals surface area contributed by atoms with Crippen LogP contribution in [0, 0.1) is 0 Å². The first-order valence-corrected chi connectivity index (χ1v) is 4.62. The zero-order valence-electron chi connectivity index (χ0n) is 8.96. The highest BCUT2D eigenvalue weighted by molar-refractivity contribution is 5.94. The van der Waals surface area contributed by atoms with Gasteiger partial charge in [0.25, 0.3) is 0 Å². The van der Waals surface area contributed by atoms with Crippen LogP contribution in [0.2, 0.25) is 0 Å². The van der Waals surface area contributed by atoms with Crippen LogP contribution in [-0.4, -0.2) is 0 Å². The highest BCUT2D eigenvalue weighted by Crippen LogP contribution is 2.27. The lowest BCUT2D eigenvalue weighted by Crippen LogP contribution is -1.91. The minimum Gasteiger partial charge on any atom is -0.269 e. The summed E-state index contributed by atoms with van der Waals surface area (Å²) in [5.41, 5.74) is 2.81. The Hall–Kier alpha value is -1.84. The van der Waals surface area contributed by atoms with Gasteiger partial charge in [0.2, 0.25) is 0 Å². The third-order valence-corrected chi connectivity index (χ3v) is 2.66. The SMILES string of the molecule is C1=Cc2cccc3cccc(c23)C1.F.F.F.F. The summed E-state index contributed by atoms with van der Waals surface area (Å²) in [7, 11) is 0. The molecule has 0 N–H and O–H groups in total. The first-order chi connectivity index (χ1) is 6.45. The molecule has 2 aromatic rings. The van der Waals surface area contributed by atoms with Crippen LogP contribution >= 0.6 is 0 Å². The van der Waals surface area contributed by atoms with E-state index in [4.69, 9.17) is 0 Å². The van der Waals surface area contributed by atoms with Gasteiger partial charge in [0, 0.05) is 0 Å². The van der Waals surface area contributed by atoms with E-state index in [1.807, 2.05) is 0 Å². The van der Waals surface area contributed by atoms with Crippen molar-refractivity contribution in [3.05, 3.63) is 53.6 Å². The van der Waals surface area contributed by atoms with Crippen LogP contribution in [0.15, 0.2) is 42.5 Å². The molecule has 0 aliphatic heterocycles. The van der Waals surface area contributed by atoms with Crippen LogP contribution in [0.25, 0.3) is 16.8 Å². The van der Waals surface area contributed by atoms with Crippen molar-refractivity contribution >= 4 is 16.8 Å². The molecule has 3 rings (SSSR count). The fraction of sp³-hybridized carbons (Fsp3) is 0.0769. The van der Waals surface area contributed by atoms with Gasteiger partial charge in [0.1, 0.15) is 0 Å². The molecular formula is C13H14F4. The summed E-state index contributed by atoms with van der Waals surface area (Å²) in [6, 6.07) is 13.0. The normalized spacial score (nSPS) is 10.4. The van der Waals surface area contributed by atoms with Crippen LogP contribution in [0.5, 0.6) is 0 Å². The Kier molecular flexibility index (Phi) is 6.90. The summed E-state index contributed by atoms with van der Waals surface area (Å²) >= 11 is 0. The zero-order valence-corrected chi connectivity index (χ0v) is 8.96. The highest BCUT2D eigenvalue weighted by Gasteiger charge is 2.06. The van der Waals surface area contributed by atoms with E-state index in [0.29, 0.717) is 0 Å². The number of benzene rings is 2. The molecule has 0 radical (unpaired) electrons. The minimum atomic E-state index is 0. The van der Waals surface area contributed by atoms with Crippen molar-refractivity contribution in [2.24, 2.45) is 0 Å². The maximum atomic E-state index is 2.23. The summed E-state index contributed by atoms with van der Waals surface area (Å²) in [6.45, 7) is 0. The molecule has 0 atom stereocenters. The molecule has 0 heterocycles. The molecule has 0 aromatic heterocycles. The molecule has 4 heteroatoms. The van der Waals surface area contributed by atoms with Gasteiger partial charge < -0.3 is 0 Å². The lowest BCUT2D eigenvalue weighted by atomic mass is 9.93. The Labute approximate surface area is 96.4 Å². The maximum Gasteiger partial charge on any atom is -0.00763 e. The van der Waals surface area contributed by atoms with E-state index in [1.165, 1.54) is 21.9 Å². The zero-order chi connectivity index (χ0) is 8.67. The van der Waals surface area contributed by atoms with Crippen molar-refractivity contribution in [2.45, 2.75) is 6.42 Å². The summed E-state index contributed by atoms with van der Waals surface area (Å²) in [6.07, 6.45) is 5.53. The molecule has 1 aliphatic rings. The average Bonchev–Trinajstić information content (AvgIpc) is 2.19. The van der Waals surface area contributed by atoms with Gasteiger partial charge in [0.15, 0.2) is 0 Å². The fourth-order valence-electron chi connectivity index (χ4n) is 2.07. The van der Waals surface area contributed by atoms with Crippen molar-refractivity contribution in [1.29, 1.82) is 0 Å². The minimum absolute atomic E-state index is 0. The summed E-state index contributed by atoms with van der Waals surface area (Å²) < 4.78 is 0. The molecule has 0 unspecified atom stereocenters. The van der Waals surface area contributed by atoms with Gasteiger partial charge >= 0.3 is 0 Å². The Morgan fingerprint density at radius 2 is 1.41 bits per heavy atom. The van der Waals surface area contributed by atoms with Gasteiger partial charge in [-0.05, 0) is 28.3 Å². The van der Waals surface area contributed by atoms with E-state index in [0.717, 1.165) is 6.42 Å². The number of halogens is 4. The molecule has 17 heavy (non-hydrogen) atoms. The van der Waals surface area contributed by atoms with E-state index in [2.05, 4.69) is 48.6 Å². The van der Waals surface area contributed by atoms with Gasteiger partial charge in [-0.15, -0.1) is 0 Å². The Balaban J connectivity index is 0. The summed E-state index contributed by atoms with van der Waals surface area (Å²) in [5.74, 6) is 0. The average molecular weight is 246 g/mol. The topological polar surface area (TPSA) is 0 Å². The van der Waals surface area contributed by atoms with Crippen LogP contribution in [0.1, 0.15) is 11.1 Å². The molecule has 0 saturated carbocycles. The molecule has 1 aliphatic carbocycles. The van der Waals surface area contributed by atoms with Crippen molar-refractivity contribution in [2.75, 3.05) is 0 Å². The first kappa shape index (κ1) is 17.6. The molecule has 94 valence electrons. The smallest absolute Gasteiger partial charge is 0.00763 e. The third-order valence-electron chi connectivity index (χ3n) is 2.66. The molecule has 2 aromatic carbocycles. The van der Waals surface area contributed by atoms with Crippen molar-refractivity contribution in [3.63, 3.8) is 0 Å². The maximum absolute atomic E-state index is 2.23. The number of hydrogen-bond donors (Lipinski definition) is 0. The number of allylic oxidation sites excluding steroid dienone is 1. The molecule has 0 spiro atoms. The van der Waals surface area contributed by atoms with E-state index < -0.39 is 0 Å². The van der Waals surface area contributed by atoms with Crippen LogP contribution in [0.4, 0.5) is 18.8 Å². The number of rotatable bonds is 0. The molecule has 0 saturated heterocycles. The second-order valence-electron chi connectivity index (χ2n) is 3.47. The van der Waals surface area contributed by atoms with Crippen molar-refractivity contribution in [3.8, 4) is 0 Å². The molecule has 0 fully saturated rings. The second-order valence-corrected chi connectivity index (χ2v) is 3.47. The standard InChI is InChI=1S/C13H10.4FH/c1-4-10-6-2-8-12-9-3-7-11(5-1)13(10)12;;;;/h1-8H,9H2;4*1H. The lowest BCUT2D eigenvalue weighted by Gasteiger charge is -2.11. The first-order valence-electron chi connectivity index (χ1n) is 4.62. The molecule has 0 bridgehead atoms.